The maximum absolute atomic E-state index is 5.91. The molecule has 0 fully saturated rings. The standard InChI is InChI=1S/C12H20N2O3/c1-15-6-4-5-14-10-8-12(17-3)11(16-2)7-9(10)13/h7-8,14H,4-6,13H2,1-3H3. The summed E-state index contributed by atoms with van der Waals surface area (Å²) in [4.78, 5) is 0. The molecule has 0 spiro atoms. The number of methoxy groups -OCH3 is 3. The van der Waals surface area contributed by atoms with Gasteiger partial charge in [0.15, 0.2) is 11.5 Å². The fraction of sp³-hybridized carbons (Fsp3) is 0.500. The second kappa shape index (κ2) is 6.85. The largest absolute Gasteiger partial charge is 0.493 e. The van der Waals surface area contributed by atoms with Crippen LogP contribution in [-0.4, -0.2) is 34.5 Å². The van der Waals surface area contributed by atoms with Crippen LogP contribution in [0.4, 0.5) is 11.4 Å². The van der Waals surface area contributed by atoms with Gasteiger partial charge in [0, 0.05) is 32.4 Å². The van der Waals surface area contributed by atoms with Crippen molar-refractivity contribution in [2.24, 2.45) is 0 Å². The van der Waals surface area contributed by atoms with Gasteiger partial charge in [-0.15, -0.1) is 0 Å². The lowest BCUT2D eigenvalue weighted by atomic mass is 10.2. The summed E-state index contributed by atoms with van der Waals surface area (Å²) < 4.78 is 15.4. The van der Waals surface area contributed by atoms with Crippen LogP contribution in [0, 0.1) is 0 Å². The van der Waals surface area contributed by atoms with Crippen LogP contribution in [0.25, 0.3) is 0 Å². The van der Waals surface area contributed by atoms with E-state index in [-0.39, 0.29) is 0 Å². The first-order valence-electron chi connectivity index (χ1n) is 5.47. The van der Waals surface area contributed by atoms with Crippen molar-refractivity contribution >= 4 is 11.4 Å². The summed E-state index contributed by atoms with van der Waals surface area (Å²) >= 11 is 0. The Labute approximate surface area is 102 Å². The lowest BCUT2D eigenvalue weighted by molar-refractivity contribution is 0.198. The van der Waals surface area contributed by atoms with E-state index < -0.39 is 0 Å². The first kappa shape index (κ1) is 13.4. The highest BCUT2D eigenvalue weighted by atomic mass is 16.5. The van der Waals surface area contributed by atoms with Crippen molar-refractivity contribution in [2.45, 2.75) is 6.42 Å². The Kier molecular flexibility index (Phi) is 5.42. The van der Waals surface area contributed by atoms with Crippen LogP contribution in [0.15, 0.2) is 12.1 Å². The van der Waals surface area contributed by atoms with Crippen molar-refractivity contribution in [3.8, 4) is 11.5 Å². The molecule has 1 rings (SSSR count). The van der Waals surface area contributed by atoms with E-state index in [1.54, 1.807) is 27.4 Å². The van der Waals surface area contributed by atoms with E-state index >= 15 is 0 Å². The smallest absolute Gasteiger partial charge is 0.162 e. The summed E-state index contributed by atoms with van der Waals surface area (Å²) in [5, 5.41) is 3.23. The van der Waals surface area contributed by atoms with E-state index in [0.29, 0.717) is 17.2 Å². The van der Waals surface area contributed by atoms with Crippen molar-refractivity contribution in [1.82, 2.24) is 0 Å². The molecule has 3 N–H and O–H groups in total. The average Bonchev–Trinajstić information content (AvgIpc) is 2.35. The molecular weight excluding hydrogens is 220 g/mol. The molecule has 96 valence electrons. The number of hydrogen-bond acceptors (Lipinski definition) is 5. The van der Waals surface area contributed by atoms with E-state index in [9.17, 15) is 0 Å². The second-order valence-corrected chi connectivity index (χ2v) is 3.57. The number of anilines is 2. The summed E-state index contributed by atoms with van der Waals surface area (Å²) in [5.74, 6) is 1.29. The minimum absolute atomic E-state index is 0.632. The Hall–Kier alpha value is -1.62. The van der Waals surface area contributed by atoms with Gasteiger partial charge >= 0.3 is 0 Å². The maximum atomic E-state index is 5.91. The molecule has 0 radical (unpaired) electrons. The highest BCUT2D eigenvalue weighted by Crippen LogP contribution is 2.34. The molecule has 0 amide bonds. The number of ether oxygens (including phenoxy) is 3. The molecule has 1 aromatic rings. The Morgan fingerprint density at radius 1 is 1.12 bits per heavy atom. The number of nitrogens with two attached hydrogens (primary N) is 1. The highest BCUT2D eigenvalue weighted by molar-refractivity contribution is 5.71. The van der Waals surface area contributed by atoms with Gasteiger partial charge in [0.05, 0.1) is 25.6 Å². The summed E-state index contributed by atoms with van der Waals surface area (Å²) in [5.41, 5.74) is 7.39. The Balaban J connectivity index is 2.71. The maximum Gasteiger partial charge on any atom is 0.162 e. The summed E-state index contributed by atoms with van der Waals surface area (Å²) in [7, 11) is 4.87. The van der Waals surface area contributed by atoms with Crippen LogP contribution in [-0.2, 0) is 4.74 Å². The summed E-state index contributed by atoms with van der Waals surface area (Å²) in [6, 6.07) is 3.58. The molecule has 5 heteroatoms. The lowest BCUT2D eigenvalue weighted by Gasteiger charge is -2.13. The fourth-order valence-corrected chi connectivity index (χ4v) is 1.49. The third-order valence-corrected chi connectivity index (χ3v) is 2.40. The third kappa shape index (κ3) is 3.71. The molecule has 17 heavy (non-hydrogen) atoms. The normalized spacial score (nSPS) is 10.1. The van der Waals surface area contributed by atoms with Crippen LogP contribution in [0.3, 0.4) is 0 Å². The van der Waals surface area contributed by atoms with Gasteiger partial charge in [-0.1, -0.05) is 0 Å². The second-order valence-electron chi connectivity index (χ2n) is 3.57. The van der Waals surface area contributed by atoms with Gasteiger partial charge in [0.25, 0.3) is 0 Å². The lowest BCUT2D eigenvalue weighted by Crippen LogP contribution is -2.07. The van der Waals surface area contributed by atoms with E-state index in [1.807, 2.05) is 6.07 Å². The van der Waals surface area contributed by atoms with E-state index in [4.69, 9.17) is 19.9 Å². The van der Waals surface area contributed by atoms with Crippen molar-refractivity contribution in [3.63, 3.8) is 0 Å². The molecule has 0 aliphatic carbocycles. The summed E-state index contributed by atoms with van der Waals surface area (Å²) in [6.07, 6.45) is 0.921. The van der Waals surface area contributed by atoms with Crippen molar-refractivity contribution in [1.29, 1.82) is 0 Å². The number of nitrogens with one attached hydrogen (secondary N) is 1. The van der Waals surface area contributed by atoms with Crippen LogP contribution in [0.1, 0.15) is 6.42 Å². The van der Waals surface area contributed by atoms with Gasteiger partial charge in [-0.25, -0.2) is 0 Å². The zero-order valence-electron chi connectivity index (χ0n) is 10.6. The molecule has 0 atom stereocenters. The molecule has 0 unspecified atom stereocenters. The molecule has 0 bridgehead atoms. The number of nitrogen functional groups attached to an aromatic ring is 1. The van der Waals surface area contributed by atoms with Gasteiger partial charge in [-0.3, -0.25) is 0 Å². The van der Waals surface area contributed by atoms with Crippen LogP contribution >= 0.6 is 0 Å². The quantitative estimate of drug-likeness (QED) is 0.561. The first-order valence-corrected chi connectivity index (χ1v) is 5.47. The van der Waals surface area contributed by atoms with E-state index in [0.717, 1.165) is 25.3 Å². The Bertz CT molecular complexity index is 356. The minimum Gasteiger partial charge on any atom is -0.493 e. The van der Waals surface area contributed by atoms with Crippen molar-refractivity contribution in [3.05, 3.63) is 12.1 Å². The zero-order valence-corrected chi connectivity index (χ0v) is 10.6. The van der Waals surface area contributed by atoms with Gasteiger partial charge in [0.1, 0.15) is 0 Å². The number of rotatable bonds is 7. The minimum atomic E-state index is 0.632. The Morgan fingerprint density at radius 2 is 1.76 bits per heavy atom. The van der Waals surface area contributed by atoms with Crippen molar-refractivity contribution in [2.75, 3.05) is 45.5 Å². The monoisotopic (exact) mass is 240 g/mol. The van der Waals surface area contributed by atoms with Gasteiger partial charge in [-0.05, 0) is 6.42 Å². The molecule has 1 aromatic carbocycles. The van der Waals surface area contributed by atoms with Crippen LogP contribution in [0.5, 0.6) is 11.5 Å². The zero-order chi connectivity index (χ0) is 12.7. The molecule has 5 nitrogen and oxygen atoms in total. The number of hydrogen-bond donors (Lipinski definition) is 2. The SMILES string of the molecule is COCCCNc1cc(OC)c(OC)cc1N. The fourth-order valence-electron chi connectivity index (χ4n) is 1.49. The van der Waals surface area contributed by atoms with Gasteiger partial charge < -0.3 is 25.3 Å². The van der Waals surface area contributed by atoms with Crippen LogP contribution < -0.4 is 20.5 Å². The average molecular weight is 240 g/mol. The molecule has 0 aromatic heterocycles. The Morgan fingerprint density at radius 3 is 2.35 bits per heavy atom. The van der Waals surface area contributed by atoms with Gasteiger partial charge in [-0.2, -0.15) is 0 Å². The molecule has 0 saturated heterocycles. The molecular formula is C12H20N2O3. The van der Waals surface area contributed by atoms with Gasteiger partial charge in [0.2, 0.25) is 0 Å². The van der Waals surface area contributed by atoms with Crippen LogP contribution in [0.2, 0.25) is 0 Å². The third-order valence-electron chi connectivity index (χ3n) is 2.40. The predicted molar refractivity (Wildman–Crippen MR) is 68.9 cm³/mol. The predicted octanol–water partition coefficient (Wildman–Crippen LogP) is 1.73. The molecule has 0 aliphatic rings. The molecule has 0 saturated carbocycles. The molecule has 0 aliphatic heterocycles. The highest BCUT2D eigenvalue weighted by Gasteiger charge is 2.08. The summed E-state index contributed by atoms with van der Waals surface area (Å²) in [6.45, 7) is 1.52. The van der Waals surface area contributed by atoms with E-state index in [2.05, 4.69) is 5.32 Å². The molecule has 0 heterocycles. The first-order chi connectivity index (χ1) is 8.22. The van der Waals surface area contributed by atoms with E-state index in [1.165, 1.54) is 0 Å². The topological polar surface area (TPSA) is 65.7 Å². The number of benzene rings is 1. The van der Waals surface area contributed by atoms with Crippen molar-refractivity contribution < 1.29 is 14.2 Å².